The Kier molecular flexibility index (Phi) is 3.30. The van der Waals surface area contributed by atoms with Crippen molar-refractivity contribution in [3.05, 3.63) is 0 Å². The van der Waals surface area contributed by atoms with Crippen LogP contribution in [0.2, 0.25) is 0 Å². The SMILES string of the molecule is CCOC1CC(N)(CNCC2CC2)C1(C)C. The maximum atomic E-state index is 6.47. The number of hydrogen-bond acceptors (Lipinski definition) is 3. The highest BCUT2D eigenvalue weighted by molar-refractivity contribution is 5.14. The van der Waals surface area contributed by atoms with Crippen LogP contribution in [-0.4, -0.2) is 31.3 Å². The molecule has 0 bridgehead atoms. The molecule has 0 amide bonds. The van der Waals surface area contributed by atoms with E-state index in [1.807, 2.05) is 0 Å². The van der Waals surface area contributed by atoms with Gasteiger partial charge in [0.05, 0.1) is 6.10 Å². The largest absolute Gasteiger partial charge is 0.378 e. The molecule has 0 heterocycles. The number of rotatable bonds is 6. The van der Waals surface area contributed by atoms with Crippen LogP contribution < -0.4 is 11.1 Å². The zero-order valence-corrected chi connectivity index (χ0v) is 10.9. The quantitative estimate of drug-likeness (QED) is 0.722. The highest BCUT2D eigenvalue weighted by Gasteiger charge is 2.58. The number of nitrogens with two attached hydrogens (primary N) is 1. The monoisotopic (exact) mass is 226 g/mol. The third-order valence-electron chi connectivity index (χ3n) is 4.58. The van der Waals surface area contributed by atoms with Crippen LogP contribution in [0.15, 0.2) is 0 Å². The fourth-order valence-corrected chi connectivity index (χ4v) is 2.63. The number of nitrogens with one attached hydrogen (secondary N) is 1. The van der Waals surface area contributed by atoms with Gasteiger partial charge >= 0.3 is 0 Å². The molecule has 2 rings (SSSR count). The van der Waals surface area contributed by atoms with E-state index in [0.717, 1.165) is 32.0 Å². The van der Waals surface area contributed by atoms with Gasteiger partial charge in [-0.3, -0.25) is 0 Å². The first kappa shape index (κ1) is 12.3. The van der Waals surface area contributed by atoms with Crippen LogP contribution in [0.4, 0.5) is 0 Å². The van der Waals surface area contributed by atoms with E-state index < -0.39 is 0 Å². The summed E-state index contributed by atoms with van der Waals surface area (Å²) in [6, 6.07) is 0. The van der Waals surface area contributed by atoms with Gasteiger partial charge < -0.3 is 15.8 Å². The lowest BCUT2D eigenvalue weighted by Gasteiger charge is -2.59. The first-order valence-electron chi connectivity index (χ1n) is 6.61. The molecule has 2 atom stereocenters. The van der Waals surface area contributed by atoms with E-state index >= 15 is 0 Å². The van der Waals surface area contributed by atoms with Crippen LogP contribution in [0.5, 0.6) is 0 Å². The predicted molar refractivity (Wildman–Crippen MR) is 66.3 cm³/mol. The van der Waals surface area contributed by atoms with Crippen LogP contribution in [-0.2, 0) is 4.74 Å². The molecule has 3 N–H and O–H groups in total. The van der Waals surface area contributed by atoms with E-state index in [0.29, 0.717) is 6.10 Å². The average molecular weight is 226 g/mol. The Morgan fingerprint density at radius 1 is 1.38 bits per heavy atom. The van der Waals surface area contributed by atoms with Gasteiger partial charge in [0.2, 0.25) is 0 Å². The van der Waals surface area contributed by atoms with Gasteiger partial charge in [0.1, 0.15) is 0 Å². The highest BCUT2D eigenvalue weighted by atomic mass is 16.5. The first-order chi connectivity index (χ1) is 7.49. The van der Waals surface area contributed by atoms with Crippen LogP contribution in [0.25, 0.3) is 0 Å². The molecule has 0 spiro atoms. The van der Waals surface area contributed by atoms with Crippen molar-refractivity contribution in [2.45, 2.75) is 51.7 Å². The van der Waals surface area contributed by atoms with E-state index in [2.05, 4.69) is 26.1 Å². The molecule has 0 radical (unpaired) electrons. The second kappa shape index (κ2) is 4.28. The number of ether oxygens (including phenoxy) is 1. The number of hydrogen-bond donors (Lipinski definition) is 2. The van der Waals surface area contributed by atoms with E-state index in [4.69, 9.17) is 10.5 Å². The normalized spacial score (nSPS) is 37.1. The van der Waals surface area contributed by atoms with Crippen molar-refractivity contribution in [3.8, 4) is 0 Å². The third kappa shape index (κ3) is 2.13. The molecule has 94 valence electrons. The fraction of sp³-hybridized carbons (Fsp3) is 1.00. The third-order valence-corrected chi connectivity index (χ3v) is 4.58. The fourth-order valence-electron chi connectivity index (χ4n) is 2.63. The standard InChI is InChI=1S/C13H26N2O/c1-4-16-11-7-13(14,12(11,2)3)9-15-8-10-5-6-10/h10-11,15H,4-9,14H2,1-3H3. The van der Waals surface area contributed by atoms with E-state index in [-0.39, 0.29) is 11.0 Å². The van der Waals surface area contributed by atoms with Gasteiger partial charge in [-0.1, -0.05) is 13.8 Å². The van der Waals surface area contributed by atoms with Crippen molar-refractivity contribution in [3.63, 3.8) is 0 Å². The molecule has 3 nitrogen and oxygen atoms in total. The summed E-state index contributed by atoms with van der Waals surface area (Å²) in [7, 11) is 0. The Hall–Kier alpha value is -0.120. The van der Waals surface area contributed by atoms with Crippen LogP contribution >= 0.6 is 0 Å². The van der Waals surface area contributed by atoms with Gasteiger partial charge in [-0.05, 0) is 38.6 Å². The van der Waals surface area contributed by atoms with Gasteiger partial charge in [0.15, 0.2) is 0 Å². The summed E-state index contributed by atoms with van der Waals surface area (Å²) in [6.07, 6.45) is 4.13. The topological polar surface area (TPSA) is 47.3 Å². The lowest BCUT2D eigenvalue weighted by atomic mass is 9.54. The van der Waals surface area contributed by atoms with E-state index in [9.17, 15) is 0 Å². The molecule has 0 aliphatic heterocycles. The summed E-state index contributed by atoms with van der Waals surface area (Å²) in [5.74, 6) is 0.925. The lowest BCUT2D eigenvalue weighted by Crippen LogP contribution is -2.73. The molecular weight excluding hydrogens is 200 g/mol. The van der Waals surface area contributed by atoms with Gasteiger partial charge in [0, 0.05) is 24.1 Å². The molecule has 2 aliphatic rings. The van der Waals surface area contributed by atoms with Gasteiger partial charge in [-0.2, -0.15) is 0 Å². The maximum Gasteiger partial charge on any atom is 0.0662 e. The van der Waals surface area contributed by atoms with Crippen molar-refractivity contribution in [1.82, 2.24) is 5.32 Å². The van der Waals surface area contributed by atoms with Crippen molar-refractivity contribution in [2.75, 3.05) is 19.7 Å². The van der Waals surface area contributed by atoms with E-state index in [1.165, 1.54) is 12.8 Å². The van der Waals surface area contributed by atoms with Crippen LogP contribution in [0.1, 0.15) is 40.0 Å². The van der Waals surface area contributed by atoms with Gasteiger partial charge in [0.25, 0.3) is 0 Å². The maximum absolute atomic E-state index is 6.47. The Bertz CT molecular complexity index is 250. The summed E-state index contributed by atoms with van der Waals surface area (Å²) < 4.78 is 5.72. The zero-order valence-electron chi connectivity index (χ0n) is 10.9. The van der Waals surface area contributed by atoms with Gasteiger partial charge in [-0.25, -0.2) is 0 Å². The first-order valence-corrected chi connectivity index (χ1v) is 6.61. The minimum absolute atomic E-state index is 0.0816. The molecule has 2 aliphatic carbocycles. The molecule has 0 aromatic heterocycles. The molecular formula is C13H26N2O. The van der Waals surface area contributed by atoms with Gasteiger partial charge in [-0.15, -0.1) is 0 Å². The Labute approximate surface area is 99.1 Å². The Balaban J connectivity index is 1.78. The van der Waals surface area contributed by atoms with Crippen molar-refractivity contribution in [1.29, 1.82) is 0 Å². The van der Waals surface area contributed by atoms with E-state index in [1.54, 1.807) is 0 Å². The highest BCUT2D eigenvalue weighted by Crippen LogP contribution is 2.49. The van der Waals surface area contributed by atoms with Crippen molar-refractivity contribution in [2.24, 2.45) is 17.1 Å². The average Bonchev–Trinajstić information content (AvgIpc) is 3.01. The molecule has 0 saturated heterocycles. The second-order valence-electron chi connectivity index (χ2n) is 6.10. The Morgan fingerprint density at radius 3 is 2.56 bits per heavy atom. The molecule has 2 unspecified atom stereocenters. The molecule has 16 heavy (non-hydrogen) atoms. The molecule has 3 heteroatoms. The van der Waals surface area contributed by atoms with Crippen LogP contribution in [0, 0.1) is 11.3 Å². The predicted octanol–water partition coefficient (Wildman–Crippen LogP) is 1.52. The van der Waals surface area contributed by atoms with Crippen molar-refractivity contribution < 1.29 is 4.74 Å². The minimum atomic E-state index is -0.0816. The van der Waals surface area contributed by atoms with Crippen molar-refractivity contribution >= 4 is 0 Å². The second-order valence-corrected chi connectivity index (χ2v) is 6.10. The summed E-state index contributed by atoms with van der Waals surface area (Å²) in [4.78, 5) is 0. The summed E-state index contributed by atoms with van der Waals surface area (Å²) in [5, 5.41) is 3.53. The summed E-state index contributed by atoms with van der Waals surface area (Å²) in [6.45, 7) is 9.39. The molecule has 0 aromatic carbocycles. The molecule has 2 fully saturated rings. The smallest absolute Gasteiger partial charge is 0.0662 e. The summed E-state index contributed by atoms with van der Waals surface area (Å²) in [5.41, 5.74) is 6.48. The molecule has 2 saturated carbocycles. The minimum Gasteiger partial charge on any atom is -0.378 e. The molecule has 0 aromatic rings. The van der Waals surface area contributed by atoms with Crippen LogP contribution in [0.3, 0.4) is 0 Å². The lowest BCUT2D eigenvalue weighted by molar-refractivity contribution is -0.148. The summed E-state index contributed by atoms with van der Waals surface area (Å²) >= 11 is 0. The Morgan fingerprint density at radius 2 is 2.06 bits per heavy atom. The zero-order chi connectivity index (χ0) is 11.8.